The number of pyridine rings is 1. The van der Waals surface area contributed by atoms with Crippen LogP contribution in [0.25, 0.3) is 0 Å². The third-order valence-electron chi connectivity index (χ3n) is 2.02. The zero-order valence-corrected chi connectivity index (χ0v) is 7.03. The maximum atomic E-state index is 8.82. The van der Waals surface area contributed by atoms with Crippen LogP contribution < -0.4 is 5.48 Å². The maximum Gasteiger partial charge on any atom is 0.101 e. The van der Waals surface area contributed by atoms with Gasteiger partial charge in [-0.3, -0.25) is 4.98 Å². The first-order valence-electron chi connectivity index (χ1n) is 4.14. The van der Waals surface area contributed by atoms with Gasteiger partial charge in [0, 0.05) is 6.20 Å². The molecule has 4 nitrogen and oxygen atoms in total. The molecule has 0 bridgehead atoms. The molecule has 0 radical (unpaired) electrons. The molecule has 0 spiro atoms. The van der Waals surface area contributed by atoms with Gasteiger partial charge in [0.25, 0.3) is 0 Å². The van der Waals surface area contributed by atoms with Crippen molar-refractivity contribution in [1.82, 2.24) is 10.5 Å². The molecule has 0 aromatic carbocycles. The summed E-state index contributed by atoms with van der Waals surface area (Å²) >= 11 is 0. The second kappa shape index (κ2) is 3.52. The van der Waals surface area contributed by atoms with Crippen LogP contribution in [0.1, 0.15) is 23.7 Å². The van der Waals surface area contributed by atoms with Crippen LogP contribution >= 0.6 is 0 Å². The van der Waals surface area contributed by atoms with Gasteiger partial charge in [-0.15, -0.1) is 0 Å². The first-order chi connectivity index (χ1) is 6.42. The van der Waals surface area contributed by atoms with Crippen molar-refractivity contribution in [3.05, 3.63) is 29.6 Å². The third-order valence-corrected chi connectivity index (χ3v) is 2.02. The SMILES string of the molecule is N#Cc1cccnc1[C@@H]1CCON1. The standard InChI is InChI=1S/C9H9N3O/c10-6-7-2-1-4-11-9(7)8-3-5-13-12-8/h1-2,4,8,12H,3,5H2/t8-/m0/s1. The summed E-state index contributed by atoms with van der Waals surface area (Å²) in [6.07, 6.45) is 2.56. The molecule has 13 heavy (non-hydrogen) atoms. The minimum Gasteiger partial charge on any atom is -0.301 e. The highest BCUT2D eigenvalue weighted by atomic mass is 16.7. The normalized spacial score (nSPS) is 21.3. The minimum atomic E-state index is 0.0656. The summed E-state index contributed by atoms with van der Waals surface area (Å²) in [5, 5.41) is 8.82. The molecule has 1 aromatic rings. The molecule has 1 aliphatic rings. The Balaban J connectivity index is 2.33. The van der Waals surface area contributed by atoms with Crippen LogP contribution in [0.5, 0.6) is 0 Å². The fourth-order valence-electron chi connectivity index (χ4n) is 1.38. The number of hydrogen-bond donors (Lipinski definition) is 1. The Bertz CT molecular complexity index is 339. The molecule has 0 unspecified atom stereocenters. The maximum absolute atomic E-state index is 8.82. The van der Waals surface area contributed by atoms with Gasteiger partial charge in [-0.2, -0.15) is 10.7 Å². The van der Waals surface area contributed by atoms with Gasteiger partial charge < -0.3 is 4.84 Å². The summed E-state index contributed by atoms with van der Waals surface area (Å²) in [4.78, 5) is 9.18. The van der Waals surface area contributed by atoms with Gasteiger partial charge in [-0.25, -0.2) is 0 Å². The number of rotatable bonds is 1. The Morgan fingerprint density at radius 3 is 3.31 bits per heavy atom. The van der Waals surface area contributed by atoms with E-state index in [1.54, 1.807) is 18.3 Å². The molecule has 1 atom stereocenters. The topological polar surface area (TPSA) is 57.9 Å². The lowest BCUT2D eigenvalue weighted by Crippen LogP contribution is -2.14. The van der Waals surface area contributed by atoms with Crippen molar-refractivity contribution in [2.45, 2.75) is 12.5 Å². The van der Waals surface area contributed by atoms with Gasteiger partial charge in [0.1, 0.15) is 6.07 Å². The third kappa shape index (κ3) is 1.52. The molecule has 0 aliphatic carbocycles. The summed E-state index contributed by atoms with van der Waals surface area (Å²) in [7, 11) is 0. The van der Waals surface area contributed by atoms with Crippen LogP contribution in [0.3, 0.4) is 0 Å². The first kappa shape index (κ1) is 8.17. The van der Waals surface area contributed by atoms with Gasteiger partial charge >= 0.3 is 0 Å². The van der Waals surface area contributed by atoms with Crippen molar-refractivity contribution in [2.24, 2.45) is 0 Å². The lowest BCUT2D eigenvalue weighted by atomic mass is 10.1. The molecule has 1 fully saturated rings. The van der Waals surface area contributed by atoms with Crippen LogP contribution in [-0.4, -0.2) is 11.6 Å². The summed E-state index contributed by atoms with van der Waals surface area (Å²) in [6.45, 7) is 0.673. The molecule has 2 rings (SSSR count). The predicted octanol–water partition coefficient (Wildman–Crippen LogP) is 0.919. The van der Waals surface area contributed by atoms with Crippen LogP contribution in [0.2, 0.25) is 0 Å². The van der Waals surface area contributed by atoms with Crippen molar-refractivity contribution >= 4 is 0 Å². The molecule has 1 aliphatic heterocycles. The van der Waals surface area contributed by atoms with Gasteiger partial charge in [-0.1, -0.05) is 0 Å². The molecule has 1 N–H and O–H groups in total. The Morgan fingerprint density at radius 1 is 1.69 bits per heavy atom. The number of nitrogens with zero attached hydrogens (tertiary/aromatic N) is 2. The Labute approximate surface area is 76.1 Å². The number of hydrogen-bond acceptors (Lipinski definition) is 4. The number of hydroxylamine groups is 1. The van der Waals surface area contributed by atoms with Gasteiger partial charge in [0.2, 0.25) is 0 Å². The molecular weight excluding hydrogens is 166 g/mol. The average molecular weight is 175 g/mol. The molecule has 0 amide bonds. The van der Waals surface area contributed by atoms with E-state index in [4.69, 9.17) is 10.1 Å². The number of nitriles is 1. The number of aromatic nitrogens is 1. The van der Waals surface area contributed by atoms with E-state index >= 15 is 0 Å². The highest BCUT2D eigenvalue weighted by molar-refractivity contribution is 5.34. The van der Waals surface area contributed by atoms with E-state index in [0.717, 1.165) is 12.1 Å². The predicted molar refractivity (Wildman–Crippen MR) is 45.4 cm³/mol. The van der Waals surface area contributed by atoms with Gasteiger partial charge in [0.05, 0.1) is 23.9 Å². The smallest absolute Gasteiger partial charge is 0.101 e. The van der Waals surface area contributed by atoms with Crippen molar-refractivity contribution in [2.75, 3.05) is 6.61 Å². The Kier molecular flexibility index (Phi) is 2.21. The Morgan fingerprint density at radius 2 is 2.62 bits per heavy atom. The molecule has 1 aromatic heterocycles. The fraction of sp³-hybridized carbons (Fsp3) is 0.333. The van der Waals surface area contributed by atoms with E-state index in [1.807, 2.05) is 0 Å². The second-order valence-corrected chi connectivity index (χ2v) is 2.86. The van der Waals surface area contributed by atoms with Crippen molar-refractivity contribution in [3.8, 4) is 6.07 Å². The van der Waals surface area contributed by atoms with E-state index < -0.39 is 0 Å². The van der Waals surface area contributed by atoms with E-state index in [1.165, 1.54) is 0 Å². The molecular formula is C9H9N3O. The highest BCUT2D eigenvalue weighted by Crippen LogP contribution is 2.21. The monoisotopic (exact) mass is 175 g/mol. The molecule has 0 saturated carbocycles. The molecule has 66 valence electrons. The molecule has 1 saturated heterocycles. The number of nitrogens with one attached hydrogen (secondary N) is 1. The fourth-order valence-corrected chi connectivity index (χ4v) is 1.38. The van der Waals surface area contributed by atoms with E-state index in [9.17, 15) is 0 Å². The summed E-state index contributed by atoms with van der Waals surface area (Å²) in [6, 6.07) is 5.71. The van der Waals surface area contributed by atoms with Crippen LogP contribution in [0.4, 0.5) is 0 Å². The van der Waals surface area contributed by atoms with Gasteiger partial charge in [-0.05, 0) is 18.6 Å². The lowest BCUT2D eigenvalue weighted by molar-refractivity contribution is 0.0876. The minimum absolute atomic E-state index is 0.0656. The zero-order chi connectivity index (χ0) is 9.10. The quantitative estimate of drug-likeness (QED) is 0.689. The zero-order valence-electron chi connectivity index (χ0n) is 7.03. The Hall–Kier alpha value is -1.44. The van der Waals surface area contributed by atoms with E-state index in [0.29, 0.717) is 12.2 Å². The second-order valence-electron chi connectivity index (χ2n) is 2.86. The van der Waals surface area contributed by atoms with Crippen molar-refractivity contribution in [1.29, 1.82) is 5.26 Å². The summed E-state index contributed by atoms with van der Waals surface area (Å²) in [5.41, 5.74) is 4.23. The highest BCUT2D eigenvalue weighted by Gasteiger charge is 2.20. The molecule has 4 heteroatoms. The lowest BCUT2D eigenvalue weighted by Gasteiger charge is -2.08. The van der Waals surface area contributed by atoms with Gasteiger partial charge in [0.15, 0.2) is 0 Å². The van der Waals surface area contributed by atoms with Crippen LogP contribution in [0, 0.1) is 11.3 Å². The van der Waals surface area contributed by atoms with E-state index in [2.05, 4.69) is 16.5 Å². The summed E-state index contributed by atoms with van der Waals surface area (Å²) in [5.74, 6) is 0. The van der Waals surface area contributed by atoms with Crippen molar-refractivity contribution < 1.29 is 4.84 Å². The largest absolute Gasteiger partial charge is 0.301 e. The molecule has 2 heterocycles. The average Bonchev–Trinajstić information content (AvgIpc) is 2.70. The van der Waals surface area contributed by atoms with Crippen LogP contribution in [-0.2, 0) is 4.84 Å². The van der Waals surface area contributed by atoms with E-state index in [-0.39, 0.29) is 6.04 Å². The van der Waals surface area contributed by atoms with Crippen LogP contribution in [0.15, 0.2) is 18.3 Å². The summed E-state index contributed by atoms with van der Waals surface area (Å²) < 4.78 is 0. The first-order valence-corrected chi connectivity index (χ1v) is 4.14. The van der Waals surface area contributed by atoms with Crippen molar-refractivity contribution in [3.63, 3.8) is 0 Å².